The molecule has 1 amide bonds. The quantitative estimate of drug-likeness (QED) is 0.514. The van der Waals surface area contributed by atoms with Gasteiger partial charge in [-0.15, -0.1) is 0 Å². The van der Waals surface area contributed by atoms with Crippen LogP contribution in [-0.4, -0.2) is 32.6 Å². The number of carbonyl (C=O) groups excluding carboxylic acids is 1. The van der Waals surface area contributed by atoms with Crippen molar-refractivity contribution in [1.29, 1.82) is 0 Å². The Morgan fingerprint density at radius 2 is 2.14 bits per heavy atom. The molecule has 142 valence electrons. The van der Waals surface area contributed by atoms with Crippen LogP contribution < -0.4 is 5.32 Å². The predicted octanol–water partition coefficient (Wildman–Crippen LogP) is 3.04. The minimum atomic E-state index is -0.276. The predicted molar refractivity (Wildman–Crippen MR) is 101 cm³/mol. The highest BCUT2D eigenvalue weighted by molar-refractivity contribution is 5.83. The molecule has 1 aromatic carbocycles. The van der Waals surface area contributed by atoms with Crippen LogP contribution in [0.25, 0.3) is 22.4 Å². The Kier molecular flexibility index (Phi) is 5.09. The van der Waals surface area contributed by atoms with Gasteiger partial charge in [-0.3, -0.25) is 9.78 Å². The van der Waals surface area contributed by atoms with Gasteiger partial charge in [0.2, 0.25) is 17.6 Å². The number of amides is 1. The number of carbonyl (C=O) groups is 1. The molecule has 7 nitrogen and oxygen atoms in total. The molecule has 0 aliphatic rings. The number of pyridine rings is 1. The summed E-state index contributed by atoms with van der Waals surface area (Å²) >= 11 is 0. The summed E-state index contributed by atoms with van der Waals surface area (Å²) in [5, 5.41) is 7.58. The summed E-state index contributed by atoms with van der Waals surface area (Å²) < 4.78 is 18.6. The lowest BCUT2D eigenvalue weighted by atomic mass is 10.1. The van der Waals surface area contributed by atoms with Gasteiger partial charge in [-0.2, -0.15) is 4.98 Å². The molecular formula is C20H18FN5O2. The lowest BCUT2D eigenvalue weighted by Crippen LogP contribution is -2.25. The lowest BCUT2D eigenvalue weighted by molar-refractivity contribution is -0.121. The smallest absolute Gasteiger partial charge is 0.227 e. The summed E-state index contributed by atoms with van der Waals surface area (Å²) in [6, 6.07) is 10.1. The van der Waals surface area contributed by atoms with Crippen LogP contribution in [0.15, 0.2) is 53.3 Å². The summed E-state index contributed by atoms with van der Waals surface area (Å²) in [6.45, 7) is 0.464. The molecule has 0 saturated carbocycles. The van der Waals surface area contributed by atoms with E-state index in [9.17, 15) is 9.18 Å². The molecule has 0 fully saturated rings. The zero-order valence-corrected chi connectivity index (χ0v) is 15.0. The van der Waals surface area contributed by atoms with E-state index in [0.717, 1.165) is 16.5 Å². The van der Waals surface area contributed by atoms with Crippen molar-refractivity contribution in [3.05, 3.63) is 66.1 Å². The van der Waals surface area contributed by atoms with Crippen molar-refractivity contribution in [2.24, 2.45) is 0 Å². The summed E-state index contributed by atoms with van der Waals surface area (Å²) in [6.07, 6.45) is 4.70. The number of hydrogen-bond acceptors (Lipinski definition) is 5. The van der Waals surface area contributed by atoms with Gasteiger partial charge in [-0.1, -0.05) is 11.2 Å². The molecular weight excluding hydrogens is 361 g/mol. The number of nitrogens with zero attached hydrogens (tertiary/aromatic N) is 3. The molecule has 0 aliphatic carbocycles. The highest BCUT2D eigenvalue weighted by Gasteiger charge is 2.11. The van der Waals surface area contributed by atoms with Gasteiger partial charge in [0.25, 0.3) is 0 Å². The molecule has 0 unspecified atom stereocenters. The normalized spacial score (nSPS) is 11.0. The molecule has 3 heterocycles. The van der Waals surface area contributed by atoms with Crippen molar-refractivity contribution in [3.63, 3.8) is 0 Å². The van der Waals surface area contributed by atoms with Crippen molar-refractivity contribution in [2.45, 2.75) is 19.3 Å². The SMILES string of the molecule is O=C(CCc1nc(-c2ccccn2)no1)NCCc1c[nH]c2ccc(F)cc12. The number of halogens is 1. The van der Waals surface area contributed by atoms with Gasteiger partial charge in [-0.25, -0.2) is 4.39 Å². The average molecular weight is 379 g/mol. The Morgan fingerprint density at radius 3 is 3.00 bits per heavy atom. The highest BCUT2D eigenvalue weighted by atomic mass is 19.1. The topological polar surface area (TPSA) is 96.7 Å². The monoisotopic (exact) mass is 379 g/mol. The third kappa shape index (κ3) is 4.06. The third-order valence-corrected chi connectivity index (χ3v) is 4.37. The van der Waals surface area contributed by atoms with Crippen molar-refractivity contribution < 1.29 is 13.7 Å². The maximum absolute atomic E-state index is 13.4. The second-order valence-corrected chi connectivity index (χ2v) is 6.33. The van der Waals surface area contributed by atoms with E-state index in [1.807, 2.05) is 18.3 Å². The third-order valence-electron chi connectivity index (χ3n) is 4.37. The Balaban J connectivity index is 1.26. The number of nitrogens with one attached hydrogen (secondary N) is 2. The number of aryl methyl sites for hydroxylation is 1. The molecule has 4 rings (SSSR count). The fourth-order valence-electron chi connectivity index (χ4n) is 2.96. The molecule has 0 aliphatic heterocycles. The highest BCUT2D eigenvalue weighted by Crippen LogP contribution is 2.19. The van der Waals surface area contributed by atoms with Crippen LogP contribution in [0.3, 0.4) is 0 Å². The first-order chi connectivity index (χ1) is 13.7. The number of rotatable bonds is 7. The molecule has 0 bridgehead atoms. The van der Waals surface area contributed by atoms with E-state index in [-0.39, 0.29) is 18.1 Å². The van der Waals surface area contributed by atoms with E-state index in [1.54, 1.807) is 18.3 Å². The van der Waals surface area contributed by atoms with E-state index in [1.165, 1.54) is 12.1 Å². The molecule has 2 N–H and O–H groups in total. The van der Waals surface area contributed by atoms with Crippen molar-refractivity contribution in [1.82, 2.24) is 25.4 Å². The molecule has 8 heteroatoms. The fraction of sp³-hybridized carbons (Fsp3) is 0.200. The Morgan fingerprint density at radius 1 is 1.21 bits per heavy atom. The average Bonchev–Trinajstić information content (AvgIpc) is 3.34. The second-order valence-electron chi connectivity index (χ2n) is 6.33. The molecule has 3 aromatic heterocycles. The van der Waals surface area contributed by atoms with Gasteiger partial charge < -0.3 is 14.8 Å². The summed E-state index contributed by atoms with van der Waals surface area (Å²) in [7, 11) is 0. The van der Waals surface area contributed by atoms with Gasteiger partial charge in [0.05, 0.1) is 0 Å². The fourth-order valence-corrected chi connectivity index (χ4v) is 2.96. The zero-order chi connectivity index (χ0) is 19.3. The number of fused-ring (bicyclic) bond motifs is 1. The van der Waals surface area contributed by atoms with Crippen molar-refractivity contribution in [3.8, 4) is 11.5 Å². The van der Waals surface area contributed by atoms with Gasteiger partial charge in [0.1, 0.15) is 11.5 Å². The van der Waals surface area contributed by atoms with Gasteiger partial charge >= 0.3 is 0 Å². The van der Waals surface area contributed by atoms with Gasteiger partial charge in [-0.05, 0) is 42.3 Å². The van der Waals surface area contributed by atoms with Crippen LogP contribution in [0.5, 0.6) is 0 Å². The van der Waals surface area contributed by atoms with E-state index < -0.39 is 0 Å². The Bertz CT molecular complexity index is 1090. The standard InChI is InChI=1S/C20H18FN5O2/c21-14-4-5-16-15(11-14)13(12-24-16)8-10-23-18(27)6-7-19-25-20(26-28-19)17-3-1-2-9-22-17/h1-5,9,11-12,24H,6-8,10H2,(H,23,27). The lowest BCUT2D eigenvalue weighted by Gasteiger charge is -2.04. The van der Waals surface area contributed by atoms with E-state index in [4.69, 9.17) is 4.52 Å². The maximum Gasteiger partial charge on any atom is 0.227 e. The number of hydrogen-bond donors (Lipinski definition) is 2. The largest absolute Gasteiger partial charge is 0.361 e. The second kappa shape index (κ2) is 7.99. The van der Waals surface area contributed by atoms with Crippen LogP contribution >= 0.6 is 0 Å². The van der Waals surface area contributed by atoms with E-state index in [2.05, 4.69) is 25.4 Å². The molecule has 4 aromatic rings. The molecule has 0 atom stereocenters. The first-order valence-corrected chi connectivity index (χ1v) is 8.95. The van der Waals surface area contributed by atoms with Crippen LogP contribution in [0.4, 0.5) is 4.39 Å². The number of H-pyrrole nitrogens is 1. The van der Waals surface area contributed by atoms with Gasteiger partial charge in [0.15, 0.2) is 0 Å². The molecule has 0 spiro atoms. The van der Waals surface area contributed by atoms with E-state index in [0.29, 0.717) is 36.8 Å². The number of aromatic amines is 1. The first kappa shape index (κ1) is 17.8. The number of aromatic nitrogens is 4. The van der Waals surface area contributed by atoms with Crippen LogP contribution in [0.1, 0.15) is 17.9 Å². The van der Waals surface area contributed by atoms with Gasteiger partial charge in [0, 0.05) is 42.7 Å². The van der Waals surface area contributed by atoms with Crippen LogP contribution in [-0.2, 0) is 17.6 Å². The van der Waals surface area contributed by atoms with E-state index >= 15 is 0 Å². The number of benzene rings is 1. The van der Waals surface area contributed by atoms with Crippen LogP contribution in [0, 0.1) is 5.82 Å². The molecule has 0 saturated heterocycles. The Hall–Kier alpha value is -3.55. The van der Waals surface area contributed by atoms with Crippen LogP contribution in [0.2, 0.25) is 0 Å². The summed E-state index contributed by atoms with van der Waals surface area (Å²) in [4.78, 5) is 23.6. The summed E-state index contributed by atoms with van der Waals surface area (Å²) in [5.41, 5.74) is 2.46. The maximum atomic E-state index is 13.4. The van der Waals surface area contributed by atoms with Crippen molar-refractivity contribution >= 4 is 16.8 Å². The molecule has 28 heavy (non-hydrogen) atoms. The minimum Gasteiger partial charge on any atom is -0.361 e. The molecule has 0 radical (unpaired) electrons. The summed E-state index contributed by atoms with van der Waals surface area (Å²) in [5.74, 6) is 0.413. The zero-order valence-electron chi connectivity index (χ0n) is 15.0. The Labute approximate surface area is 160 Å². The van der Waals surface area contributed by atoms with Crippen molar-refractivity contribution in [2.75, 3.05) is 6.54 Å². The first-order valence-electron chi connectivity index (χ1n) is 8.95. The minimum absolute atomic E-state index is 0.108.